The van der Waals surface area contributed by atoms with Gasteiger partial charge in [-0.1, -0.05) is 39.2 Å². The van der Waals surface area contributed by atoms with E-state index in [0.717, 1.165) is 43.4 Å². The molecule has 5 fully saturated rings. The molecule has 61 heavy (non-hydrogen) atoms. The van der Waals surface area contributed by atoms with E-state index in [1.807, 2.05) is 12.2 Å². The molecule has 346 valence electrons. The highest BCUT2D eigenvalue weighted by Gasteiger charge is 2.73. The van der Waals surface area contributed by atoms with Crippen LogP contribution in [0.1, 0.15) is 137 Å². The lowest BCUT2D eigenvalue weighted by molar-refractivity contribution is -0.207. The average Bonchev–Trinajstić information content (AvgIpc) is 3.62. The molecule has 13 heteroatoms. The number of nitrogens with one attached hydrogen (secondary N) is 2. The van der Waals surface area contributed by atoms with Crippen molar-refractivity contribution in [3.8, 4) is 0 Å². The molecule has 17 unspecified atom stereocenters. The number of allylic oxidation sites excluding steroid dienone is 4. The summed E-state index contributed by atoms with van der Waals surface area (Å²) in [6, 6.07) is 0. The Kier molecular flexibility index (Phi) is 14.3. The van der Waals surface area contributed by atoms with Gasteiger partial charge in [-0.2, -0.15) is 0 Å². The average molecular weight is 858 g/mol. The molecule has 0 radical (unpaired) electrons. The normalized spacial score (nSPS) is 43.1. The molecule has 4 saturated carbocycles. The van der Waals surface area contributed by atoms with E-state index in [1.54, 1.807) is 13.8 Å². The van der Waals surface area contributed by atoms with Crippen LogP contribution in [0.25, 0.3) is 0 Å². The number of rotatable bonds is 16. The Balaban J connectivity index is 1.27. The van der Waals surface area contributed by atoms with Gasteiger partial charge in [0.1, 0.15) is 6.10 Å². The quantitative estimate of drug-likeness (QED) is 0.107. The first-order chi connectivity index (χ1) is 29.0. The SMILES string of the molecule is CCCC1CCC2OC(C(O)C(C)(O)C3CCC4(O)C5=C(NCC(C)O)C(=O)C6CC(O)C(O)CC6(CCC6=C(CCCO)NC(N)C=C6)C5CCC34CCO)C(C)C2CC1. The number of fused-ring (bicyclic) bond motifs is 6. The van der Waals surface area contributed by atoms with E-state index in [9.17, 15) is 40.9 Å². The van der Waals surface area contributed by atoms with Crippen molar-refractivity contribution in [1.29, 1.82) is 0 Å². The number of nitrogens with two attached hydrogens (primary N) is 1. The Labute approximate surface area is 363 Å². The number of carbonyl (C=O) groups is 1. The lowest BCUT2D eigenvalue weighted by Gasteiger charge is -2.63. The second-order valence-corrected chi connectivity index (χ2v) is 20.9. The van der Waals surface area contributed by atoms with E-state index in [-0.39, 0.29) is 81.0 Å². The van der Waals surface area contributed by atoms with Crippen LogP contribution in [0.5, 0.6) is 0 Å². The van der Waals surface area contributed by atoms with Crippen LogP contribution in [-0.4, -0.2) is 120 Å². The van der Waals surface area contributed by atoms with E-state index < -0.39 is 70.3 Å². The van der Waals surface area contributed by atoms with E-state index in [0.29, 0.717) is 56.4 Å². The van der Waals surface area contributed by atoms with Crippen molar-refractivity contribution >= 4 is 5.78 Å². The topological polar surface area (TPSA) is 238 Å². The summed E-state index contributed by atoms with van der Waals surface area (Å²) in [7, 11) is 0. The summed E-state index contributed by atoms with van der Waals surface area (Å²) >= 11 is 0. The predicted octanol–water partition coefficient (Wildman–Crippen LogP) is 3.20. The van der Waals surface area contributed by atoms with E-state index in [2.05, 4.69) is 24.5 Å². The van der Waals surface area contributed by atoms with Crippen LogP contribution in [0.2, 0.25) is 0 Å². The van der Waals surface area contributed by atoms with Gasteiger partial charge < -0.3 is 62.0 Å². The van der Waals surface area contributed by atoms with Gasteiger partial charge in [-0.05, 0) is 156 Å². The molecule has 1 saturated heterocycles. The van der Waals surface area contributed by atoms with Gasteiger partial charge in [0, 0.05) is 36.8 Å². The molecule has 0 bridgehead atoms. The first kappa shape index (κ1) is 47.1. The van der Waals surface area contributed by atoms with Crippen LogP contribution in [-0.2, 0) is 9.53 Å². The van der Waals surface area contributed by atoms with Crippen LogP contribution in [0, 0.1) is 46.3 Å². The minimum atomic E-state index is -1.73. The maximum Gasteiger partial charge on any atom is 0.182 e. The minimum Gasteiger partial charge on any atom is -0.396 e. The molecule has 0 aromatic heterocycles. The van der Waals surface area contributed by atoms with Gasteiger partial charge >= 0.3 is 0 Å². The van der Waals surface area contributed by atoms with Gasteiger partial charge in [0.2, 0.25) is 0 Å². The van der Waals surface area contributed by atoms with Crippen molar-refractivity contribution in [2.45, 2.75) is 191 Å². The molecule has 7 aliphatic rings. The summed E-state index contributed by atoms with van der Waals surface area (Å²) in [6.45, 7) is 7.44. The lowest BCUT2D eigenvalue weighted by atomic mass is 9.43. The number of carbonyl (C=O) groups excluding carboxylic acids is 1. The van der Waals surface area contributed by atoms with E-state index >= 15 is 4.79 Å². The molecule has 0 aromatic carbocycles. The number of ketones is 1. The number of aliphatic hydroxyl groups is 8. The summed E-state index contributed by atoms with van der Waals surface area (Å²) in [5.41, 5.74) is 3.46. The number of hydrogen-bond acceptors (Lipinski definition) is 13. The second-order valence-electron chi connectivity index (χ2n) is 20.9. The Bertz CT molecular complexity index is 1670. The first-order valence-electron chi connectivity index (χ1n) is 24.0. The molecule has 0 amide bonds. The molecule has 13 nitrogen and oxygen atoms in total. The zero-order chi connectivity index (χ0) is 44.1. The molecular formula is C48H79N3O10. The monoisotopic (exact) mass is 858 g/mol. The fraction of sp³-hybridized carbons (Fsp3) is 0.854. The van der Waals surface area contributed by atoms with Crippen LogP contribution in [0.4, 0.5) is 0 Å². The van der Waals surface area contributed by atoms with Crippen molar-refractivity contribution in [2.24, 2.45) is 52.1 Å². The predicted molar refractivity (Wildman–Crippen MR) is 231 cm³/mol. The maximum absolute atomic E-state index is 15.2. The Morgan fingerprint density at radius 2 is 1.77 bits per heavy atom. The van der Waals surface area contributed by atoms with Crippen molar-refractivity contribution in [1.82, 2.24) is 10.6 Å². The third-order valence-corrected chi connectivity index (χ3v) is 17.6. The van der Waals surface area contributed by atoms with Crippen LogP contribution in [0.15, 0.2) is 34.7 Å². The van der Waals surface area contributed by atoms with Crippen molar-refractivity contribution in [2.75, 3.05) is 19.8 Å². The lowest BCUT2D eigenvalue weighted by Crippen LogP contribution is -2.66. The van der Waals surface area contributed by atoms with Crippen molar-refractivity contribution in [3.05, 3.63) is 34.7 Å². The van der Waals surface area contributed by atoms with Crippen molar-refractivity contribution in [3.63, 3.8) is 0 Å². The third kappa shape index (κ3) is 8.22. The zero-order valence-electron chi connectivity index (χ0n) is 37.3. The smallest absolute Gasteiger partial charge is 0.182 e. The molecule has 0 aromatic rings. The molecule has 12 N–H and O–H groups in total. The van der Waals surface area contributed by atoms with Crippen LogP contribution >= 0.6 is 0 Å². The Morgan fingerprint density at radius 1 is 1.02 bits per heavy atom. The highest BCUT2D eigenvalue weighted by molar-refractivity contribution is 6.00. The Hall–Kier alpha value is -1.91. The standard InChI is InChI=1S/C48H79N3O10/c1-5-7-29-9-12-31-28(3)43(61-37(31)13-10-29)44(58)45(4,59)38-17-20-48(60)40-32(16-19-47(38,48)21-23-53)46(18-15-30-11-14-39(49)51-34(30)8-6-22-52)25-36(56)35(55)24-33(46)42(57)41(40)50-26-27(2)54/h11,14,27-29,31-33,35-39,43-44,50-56,58-60H,5-10,12-13,15-26,49H2,1-4H3. The molecular weight excluding hydrogens is 779 g/mol. The largest absolute Gasteiger partial charge is 0.396 e. The highest BCUT2D eigenvalue weighted by Crippen LogP contribution is 2.71. The molecule has 5 aliphatic carbocycles. The summed E-state index contributed by atoms with van der Waals surface area (Å²) in [6.07, 6.45) is 8.99. The van der Waals surface area contributed by atoms with Crippen LogP contribution < -0.4 is 16.4 Å². The number of ether oxygens (including phenoxy) is 1. The molecule has 7 rings (SSSR count). The second kappa shape index (κ2) is 18.5. The summed E-state index contributed by atoms with van der Waals surface area (Å²) in [4.78, 5) is 15.2. The Morgan fingerprint density at radius 3 is 2.48 bits per heavy atom. The number of dihydropyridines is 1. The van der Waals surface area contributed by atoms with Gasteiger partial charge in [-0.25, -0.2) is 0 Å². The van der Waals surface area contributed by atoms with Gasteiger partial charge in [0.05, 0.1) is 53.6 Å². The molecule has 2 aliphatic heterocycles. The molecule has 0 spiro atoms. The van der Waals surface area contributed by atoms with E-state index in [4.69, 9.17) is 10.5 Å². The van der Waals surface area contributed by atoms with Gasteiger partial charge in [0.15, 0.2) is 5.78 Å². The number of aliphatic hydroxyl groups excluding tert-OH is 6. The van der Waals surface area contributed by atoms with Gasteiger partial charge in [0.25, 0.3) is 0 Å². The molecule has 2 heterocycles. The summed E-state index contributed by atoms with van der Waals surface area (Å²) in [5.74, 6) is -1.08. The fourth-order valence-electron chi connectivity index (χ4n) is 14.6. The maximum atomic E-state index is 15.2. The van der Waals surface area contributed by atoms with Gasteiger partial charge in [-0.3, -0.25) is 4.79 Å². The van der Waals surface area contributed by atoms with Gasteiger partial charge in [-0.15, -0.1) is 0 Å². The first-order valence-corrected chi connectivity index (χ1v) is 24.0. The number of Topliss-reactive ketones (excluding diaryl/α,β-unsaturated/α-hetero) is 1. The van der Waals surface area contributed by atoms with Crippen LogP contribution in [0.3, 0.4) is 0 Å². The fourth-order valence-corrected chi connectivity index (χ4v) is 14.6. The third-order valence-electron chi connectivity index (χ3n) is 17.6. The summed E-state index contributed by atoms with van der Waals surface area (Å²) < 4.78 is 6.73. The summed E-state index contributed by atoms with van der Waals surface area (Å²) in [5, 5.41) is 99.4. The molecule has 17 atom stereocenters. The number of hydrogen-bond donors (Lipinski definition) is 11. The highest BCUT2D eigenvalue weighted by atomic mass is 16.5. The van der Waals surface area contributed by atoms with Crippen molar-refractivity contribution < 1.29 is 50.4 Å². The minimum absolute atomic E-state index is 0.0145. The zero-order valence-corrected chi connectivity index (χ0v) is 37.3. The van der Waals surface area contributed by atoms with E-state index in [1.165, 1.54) is 6.42 Å².